The van der Waals surface area contributed by atoms with Crippen molar-refractivity contribution in [2.24, 2.45) is 0 Å². The van der Waals surface area contributed by atoms with Gasteiger partial charge in [0, 0.05) is 31.0 Å². The van der Waals surface area contributed by atoms with Crippen molar-refractivity contribution in [3.05, 3.63) is 85.1 Å². The van der Waals surface area contributed by atoms with Crippen molar-refractivity contribution in [1.29, 1.82) is 0 Å². The number of benzene rings is 2. The summed E-state index contributed by atoms with van der Waals surface area (Å²) < 4.78 is 0. The molecule has 0 saturated carbocycles. The van der Waals surface area contributed by atoms with Gasteiger partial charge in [-0.1, -0.05) is 73.4 Å². The van der Waals surface area contributed by atoms with E-state index >= 15 is 0 Å². The van der Waals surface area contributed by atoms with E-state index in [2.05, 4.69) is 32.9 Å². The Labute approximate surface area is 191 Å². The molecule has 0 aliphatic heterocycles. The van der Waals surface area contributed by atoms with Crippen LogP contribution in [0, 0.1) is 0 Å². The SMILES string of the molecule is CCSC1=C(C(C)=O)C(c2ccccc2)=C(SCC)C1(C)c1ccc(Cl)cc1Cl. The second kappa shape index (κ2) is 9.34. The highest BCUT2D eigenvalue weighted by atomic mass is 35.5. The zero-order valence-electron chi connectivity index (χ0n) is 17.0. The predicted molar refractivity (Wildman–Crippen MR) is 131 cm³/mol. The van der Waals surface area contributed by atoms with Crippen LogP contribution in [-0.4, -0.2) is 17.3 Å². The zero-order chi connectivity index (χ0) is 21.2. The maximum absolute atomic E-state index is 13.0. The fourth-order valence-corrected chi connectivity index (χ4v) is 6.90. The Kier molecular flexibility index (Phi) is 7.27. The molecule has 0 heterocycles. The summed E-state index contributed by atoms with van der Waals surface area (Å²) >= 11 is 16.4. The van der Waals surface area contributed by atoms with E-state index in [-0.39, 0.29) is 5.78 Å². The first-order valence-electron chi connectivity index (χ1n) is 9.63. The van der Waals surface area contributed by atoms with Crippen LogP contribution >= 0.6 is 46.7 Å². The fraction of sp³-hybridized carbons (Fsp3) is 0.292. The zero-order valence-corrected chi connectivity index (χ0v) is 20.2. The van der Waals surface area contributed by atoms with Gasteiger partial charge in [0.2, 0.25) is 0 Å². The van der Waals surface area contributed by atoms with Crippen LogP contribution in [-0.2, 0) is 10.2 Å². The van der Waals surface area contributed by atoms with Gasteiger partial charge in [-0.3, -0.25) is 4.79 Å². The third-order valence-corrected chi connectivity index (χ3v) is 8.00. The van der Waals surface area contributed by atoms with Gasteiger partial charge in [-0.15, -0.1) is 23.5 Å². The summed E-state index contributed by atoms with van der Waals surface area (Å²) in [5, 5.41) is 1.23. The first-order chi connectivity index (χ1) is 13.9. The van der Waals surface area contributed by atoms with E-state index < -0.39 is 5.41 Å². The Morgan fingerprint density at radius 1 is 0.966 bits per heavy atom. The second-order valence-corrected chi connectivity index (χ2v) is 10.3. The molecule has 0 aromatic heterocycles. The Hall–Kier alpha value is -1.13. The van der Waals surface area contributed by atoms with Gasteiger partial charge >= 0.3 is 0 Å². The maximum Gasteiger partial charge on any atom is 0.161 e. The van der Waals surface area contributed by atoms with Crippen LogP contribution in [0.4, 0.5) is 0 Å². The number of Topliss-reactive ketones (excluding diaryl/α,β-unsaturated/α-hetero) is 1. The van der Waals surface area contributed by atoms with Crippen molar-refractivity contribution in [3.8, 4) is 0 Å². The number of allylic oxidation sites excluding steroid dienone is 4. The first-order valence-corrected chi connectivity index (χ1v) is 12.4. The largest absolute Gasteiger partial charge is 0.294 e. The van der Waals surface area contributed by atoms with Gasteiger partial charge in [0.1, 0.15) is 0 Å². The molecule has 1 aliphatic carbocycles. The second-order valence-electron chi connectivity index (χ2n) is 6.95. The van der Waals surface area contributed by atoms with Crippen LogP contribution in [0.15, 0.2) is 63.9 Å². The summed E-state index contributed by atoms with van der Waals surface area (Å²) in [5.74, 6) is 1.86. The van der Waals surface area contributed by atoms with Gasteiger partial charge < -0.3 is 0 Å². The third kappa shape index (κ3) is 4.07. The molecule has 5 heteroatoms. The molecule has 0 saturated heterocycles. The molecule has 0 amide bonds. The minimum atomic E-state index is -0.491. The summed E-state index contributed by atoms with van der Waals surface area (Å²) in [6, 6.07) is 15.9. The normalized spacial score (nSPS) is 19.2. The Balaban J connectivity index is 2.43. The molecule has 2 aromatic carbocycles. The summed E-state index contributed by atoms with van der Waals surface area (Å²) in [6.07, 6.45) is 0. The average Bonchev–Trinajstić information content (AvgIpc) is 2.93. The van der Waals surface area contributed by atoms with Gasteiger partial charge in [0.15, 0.2) is 5.78 Å². The van der Waals surface area contributed by atoms with E-state index in [1.807, 2.05) is 30.3 Å². The Morgan fingerprint density at radius 2 is 1.59 bits per heavy atom. The van der Waals surface area contributed by atoms with Crippen LogP contribution in [0.3, 0.4) is 0 Å². The van der Waals surface area contributed by atoms with Crippen molar-refractivity contribution in [3.63, 3.8) is 0 Å². The first kappa shape index (κ1) is 22.6. The molecule has 2 aromatic rings. The van der Waals surface area contributed by atoms with Crippen molar-refractivity contribution in [1.82, 2.24) is 0 Å². The topological polar surface area (TPSA) is 17.1 Å². The molecule has 3 rings (SSSR count). The highest BCUT2D eigenvalue weighted by Gasteiger charge is 2.47. The van der Waals surface area contributed by atoms with Gasteiger partial charge in [-0.25, -0.2) is 0 Å². The molecule has 152 valence electrons. The predicted octanol–water partition coefficient (Wildman–Crippen LogP) is 8.03. The minimum absolute atomic E-state index is 0.0859. The standard InChI is InChI=1S/C24H24Cl2OS2/c1-5-28-22-20(15(3)27)21(16-10-8-7-9-11-16)23(29-6-2)24(22,4)18-13-12-17(25)14-19(18)26/h7-14H,5-6H2,1-4H3. The van der Waals surface area contributed by atoms with Gasteiger partial charge in [0.05, 0.1) is 5.41 Å². The van der Waals surface area contributed by atoms with Crippen molar-refractivity contribution < 1.29 is 4.79 Å². The molecule has 1 unspecified atom stereocenters. The Morgan fingerprint density at radius 3 is 2.14 bits per heavy atom. The molecular weight excluding hydrogens is 439 g/mol. The Bertz CT molecular complexity index is 995. The van der Waals surface area contributed by atoms with Gasteiger partial charge in [-0.2, -0.15) is 0 Å². The molecule has 0 N–H and O–H groups in total. The highest BCUT2D eigenvalue weighted by molar-refractivity contribution is 8.04. The van der Waals surface area contributed by atoms with Crippen LogP contribution < -0.4 is 0 Å². The quantitative estimate of drug-likeness (QED) is 0.414. The van der Waals surface area contributed by atoms with Crippen LogP contribution in [0.5, 0.6) is 0 Å². The third-order valence-electron chi connectivity index (χ3n) is 5.07. The number of thioether (sulfide) groups is 2. The summed E-state index contributed by atoms with van der Waals surface area (Å²) in [6.45, 7) is 8.12. The average molecular weight is 463 g/mol. The number of carbonyl (C=O) groups excluding carboxylic acids is 1. The van der Waals surface area contributed by atoms with Crippen LogP contribution in [0.2, 0.25) is 10.0 Å². The van der Waals surface area contributed by atoms with Crippen molar-refractivity contribution in [2.75, 3.05) is 11.5 Å². The number of halogens is 2. The van der Waals surface area contributed by atoms with E-state index in [1.54, 1.807) is 36.5 Å². The van der Waals surface area contributed by atoms with Crippen molar-refractivity contribution >= 4 is 58.1 Å². The summed E-state index contributed by atoms with van der Waals surface area (Å²) in [4.78, 5) is 15.2. The molecule has 29 heavy (non-hydrogen) atoms. The van der Waals surface area contributed by atoms with E-state index in [1.165, 1.54) is 4.91 Å². The lowest BCUT2D eigenvalue weighted by atomic mass is 9.82. The number of hydrogen-bond acceptors (Lipinski definition) is 3. The van der Waals surface area contributed by atoms with E-state index in [9.17, 15) is 4.79 Å². The van der Waals surface area contributed by atoms with Crippen LogP contribution in [0.1, 0.15) is 38.8 Å². The molecule has 1 nitrogen and oxygen atoms in total. The number of ketones is 1. The van der Waals surface area contributed by atoms with Gasteiger partial charge in [0.25, 0.3) is 0 Å². The lowest BCUT2D eigenvalue weighted by molar-refractivity contribution is -0.113. The number of carbonyl (C=O) groups is 1. The molecule has 0 spiro atoms. The number of hydrogen-bond donors (Lipinski definition) is 0. The lowest BCUT2D eigenvalue weighted by Gasteiger charge is -2.33. The monoisotopic (exact) mass is 462 g/mol. The lowest BCUT2D eigenvalue weighted by Crippen LogP contribution is -2.24. The van der Waals surface area contributed by atoms with E-state index in [0.717, 1.165) is 38.7 Å². The van der Waals surface area contributed by atoms with E-state index in [0.29, 0.717) is 10.0 Å². The molecule has 0 fully saturated rings. The molecule has 0 radical (unpaired) electrons. The summed E-state index contributed by atoms with van der Waals surface area (Å²) in [7, 11) is 0. The molecule has 1 aliphatic rings. The molecule has 0 bridgehead atoms. The van der Waals surface area contributed by atoms with Crippen molar-refractivity contribution in [2.45, 2.75) is 33.1 Å². The van der Waals surface area contributed by atoms with Gasteiger partial charge in [-0.05, 0) is 48.6 Å². The highest BCUT2D eigenvalue weighted by Crippen LogP contribution is 2.60. The fourth-order valence-electron chi connectivity index (χ4n) is 3.91. The summed E-state index contributed by atoms with van der Waals surface area (Å²) in [5.41, 5.74) is 3.41. The van der Waals surface area contributed by atoms with Crippen LogP contribution in [0.25, 0.3) is 5.57 Å². The number of rotatable bonds is 7. The molecular formula is C24H24Cl2OS2. The maximum atomic E-state index is 13.0. The smallest absolute Gasteiger partial charge is 0.161 e. The molecule has 1 atom stereocenters. The van der Waals surface area contributed by atoms with E-state index in [4.69, 9.17) is 23.2 Å². The minimum Gasteiger partial charge on any atom is -0.294 e.